The highest BCUT2D eigenvalue weighted by molar-refractivity contribution is 6.37. The molecule has 19 heavy (non-hydrogen) atoms. The van der Waals surface area contributed by atoms with Gasteiger partial charge in [-0.25, -0.2) is 0 Å². The Morgan fingerprint density at radius 2 is 1.89 bits per heavy atom. The van der Waals surface area contributed by atoms with Crippen LogP contribution >= 0.6 is 23.2 Å². The minimum atomic E-state index is -2.94. The zero-order chi connectivity index (χ0) is 14.0. The fraction of sp³-hybridized carbons (Fsp3) is 0.538. The van der Waals surface area contributed by atoms with Gasteiger partial charge >= 0.3 is 6.61 Å². The second kappa shape index (κ2) is 6.14. The molecule has 0 heterocycles. The van der Waals surface area contributed by atoms with Gasteiger partial charge in [-0.1, -0.05) is 36.0 Å². The number of anilines is 1. The van der Waals surface area contributed by atoms with Gasteiger partial charge in [-0.05, 0) is 31.4 Å². The molecule has 0 saturated heterocycles. The van der Waals surface area contributed by atoms with Crippen molar-refractivity contribution >= 4 is 28.9 Å². The van der Waals surface area contributed by atoms with Crippen LogP contribution in [0.1, 0.15) is 26.2 Å². The van der Waals surface area contributed by atoms with Gasteiger partial charge in [-0.15, -0.1) is 0 Å². The molecule has 6 heteroatoms. The molecule has 2 nitrogen and oxygen atoms in total. The number of benzene rings is 1. The lowest BCUT2D eigenvalue weighted by molar-refractivity contribution is -0.0497. The molecule has 0 spiro atoms. The first kappa shape index (κ1) is 14.7. The quantitative estimate of drug-likeness (QED) is 0.780. The number of ether oxygens (including phenoxy) is 1. The van der Waals surface area contributed by atoms with Gasteiger partial charge in [0.05, 0.1) is 10.0 Å². The van der Waals surface area contributed by atoms with E-state index in [1.54, 1.807) is 12.1 Å². The van der Waals surface area contributed by atoms with Crippen molar-refractivity contribution < 1.29 is 13.5 Å². The van der Waals surface area contributed by atoms with Crippen molar-refractivity contribution in [3.8, 4) is 5.75 Å². The predicted octanol–water partition coefficient (Wildman–Crippen LogP) is 5.20. The van der Waals surface area contributed by atoms with E-state index >= 15 is 0 Å². The molecule has 1 atom stereocenters. The summed E-state index contributed by atoms with van der Waals surface area (Å²) in [5.74, 6) is 0.619. The van der Waals surface area contributed by atoms with Crippen molar-refractivity contribution in [3.63, 3.8) is 0 Å². The highest BCUT2D eigenvalue weighted by Crippen LogP contribution is 2.38. The predicted molar refractivity (Wildman–Crippen MR) is 73.5 cm³/mol. The zero-order valence-corrected chi connectivity index (χ0v) is 11.9. The lowest BCUT2D eigenvalue weighted by Gasteiger charge is -2.17. The summed E-state index contributed by atoms with van der Waals surface area (Å²) in [6.07, 6.45) is 3.66. The van der Waals surface area contributed by atoms with Gasteiger partial charge in [-0.2, -0.15) is 8.78 Å². The number of rotatable bonds is 6. The Labute approximate surface area is 121 Å². The van der Waals surface area contributed by atoms with Gasteiger partial charge in [0.2, 0.25) is 0 Å². The Bertz CT molecular complexity index is 429. The maximum atomic E-state index is 12.2. The summed E-state index contributed by atoms with van der Waals surface area (Å²) in [5, 5.41) is 3.42. The average Bonchev–Trinajstić information content (AvgIpc) is 3.06. The van der Waals surface area contributed by atoms with E-state index in [-0.39, 0.29) is 15.8 Å². The third kappa shape index (κ3) is 4.39. The van der Waals surface area contributed by atoms with E-state index in [0.29, 0.717) is 11.7 Å². The van der Waals surface area contributed by atoms with Gasteiger partial charge < -0.3 is 10.1 Å². The standard InChI is InChI=1S/C13H15Cl2F2NO/c1-7(4-8-2-3-8)18-9-5-10(14)12(11(15)6-9)19-13(16)17/h5-8,13,18H,2-4H2,1H3. The molecule has 1 aliphatic rings. The molecule has 0 aromatic heterocycles. The Morgan fingerprint density at radius 1 is 1.32 bits per heavy atom. The number of nitrogens with one attached hydrogen (secondary N) is 1. The summed E-state index contributed by atoms with van der Waals surface area (Å²) in [7, 11) is 0. The average molecular weight is 310 g/mol. The SMILES string of the molecule is CC(CC1CC1)Nc1cc(Cl)c(OC(F)F)c(Cl)c1. The fourth-order valence-corrected chi connectivity index (χ4v) is 2.62. The van der Waals surface area contributed by atoms with E-state index in [1.165, 1.54) is 12.8 Å². The van der Waals surface area contributed by atoms with Crippen molar-refractivity contribution in [2.45, 2.75) is 38.8 Å². The van der Waals surface area contributed by atoms with E-state index in [1.807, 2.05) is 0 Å². The van der Waals surface area contributed by atoms with Gasteiger partial charge in [-0.3, -0.25) is 0 Å². The molecule has 1 aliphatic carbocycles. The molecule has 0 aliphatic heterocycles. The smallest absolute Gasteiger partial charge is 0.387 e. The van der Waals surface area contributed by atoms with Crippen LogP contribution in [0, 0.1) is 5.92 Å². The van der Waals surface area contributed by atoms with Crippen molar-refractivity contribution in [1.29, 1.82) is 0 Å². The summed E-state index contributed by atoms with van der Waals surface area (Å²) < 4.78 is 28.7. The number of alkyl halides is 2. The summed E-state index contributed by atoms with van der Waals surface area (Å²) >= 11 is 11.8. The zero-order valence-electron chi connectivity index (χ0n) is 10.4. The van der Waals surface area contributed by atoms with Crippen LogP contribution < -0.4 is 10.1 Å². The molecule has 1 N–H and O–H groups in total. The highest BCUT2D eigenvalue weighted by Gasteiger charge is 2.23. The molecule has 0 radical (unpaired) electrons. The van der Waals surface area contributed by atoms with E-state index < -0.39 is 6.61 Å². The lowest BCUT2D eigenvalue weighted by atomic mass is 10.1. The largest absolute Gasteiger partial charge is 0.432 e. The summed E-state index contributed by atoms with van der Waals surface area (Å²) in [4.78, 5) is 0. The summed E-state index contributed by atoms with van der Waals surface area (Å²) in [6.45, 7) is -0.869. The Kier molecular flexibility index (Phi) is 4.74. The molecule has 1 saturated carbocycles. The highest BCUT2D eigenvalue weighted by atomic mass is 35.5. The van der Waals surface area contributed by atoms with E-state index in [0.717, 1.165) is 12.3 Å². The van der Waals surface area contributed by atoms with Gasteiger partial charge in [0.1, 0.15) is 0 Å². The number of hydrogen-bond acceptors (Lipinski definition) is 2. The molecule has 1 unspecified atom stereocenters. The first-order valence-electron chi connectivity index (χ1n) is 6.16. The normalized spacial score (nSPS) is 16.5. The summed E-state index contributed by atoms with van der Waals surface area (Å²) in [6, 6.07) is 3.39. The van der Waals surface area contributed by atoms with Crippen LogP contribution in [-0.4, -0.2) is 12.7 Å². The minimum absolute atomic E-state index is 0.0777. The van der Waals surface area contributed by atoms with E-state index in [4.69, 9.17) is 23.2 Å². The molecule has 1 aromatic carbocycles. The first-order valence-corrected chi connectivity index (χ1v) is 6.91. The Morgan fingerprint density at radius 3 is 2.37 bits per heavy atom. The lowest BCUT2D eigenvalue weighted by Crippen LogP contribution is -2.15. The molecule has 106 valence electrons. The van der Waals surface area contributed by atoms with Crippen LogP contribution in [-0.2, 0) is 0 Å². The van der Waals surface area contributed by atoms with Gasteiger partial charge in [0, 0.05) is 11.7 Å². The van der Waals surface area contributed by atoms with Crippen LogP contribution in [0.4, 0.5) is 14.5 Å². The molecule has 2 rings (SSSR count). The molecular formula is C13H15Cl2F2NO. The van der Waals surface area contributed by atoms with Crippen LogP contribution in [0.25, 0.3) is 0 Å². The van der Waals surface area contributed by atoms with Crippen LogP contribution in [0.3, 0.4) is 0 Å². The van der Waals surface area contributed by atoms with Crippen molar-refractivity contribution in [1.82, 2.24) is 0 Å². The number of halogens is 4. The first-order chi connectivity index (χ1) is 8.95. The van der Waals surface area contributed by atoms with Crippen molar-refractivity contribution in [2.24, 2.45) is 5.92 Å². The fourth-order valence-electron chi connectivity index (χ4n) is 2.04. The van der Waals surface area contributed by atoms with Crippen LogP contribution in [0.15, 0.2) is 12.1 Å². The van der Waals surface area contributed by atoms with E-state index in [9.17, 15) is 8.78 Å². The number of hydrogen-bond donors (Lipinski definition) is 1. The minimum Gasteiger partial charge on any atom is -0.432 e. The van der Waals surface area contributed by atoms with Gasteiger partial charge in [0.15, 0.2) is 5.75 Å². The van der Waals surface area contributed by atoms with Crippen molar-refractivity contribution in [2.75, 3.05) is 5.32 Å². The third-order valence-corrected chi connectivity index (χ3v) is 3.56. The van der Waals surface area contributed by atoms with Crippen LogP contribution in [0.5, 0.6) is 5.75 Å². The Balaban J connectivity index is 2.05. The monoisotopic (exact) mass is 309 g/mol. The summed E-state index contributed by atoms with van der Waals surface area (Å²) in [5.41, 5.74) is 0.713. The van der Waals surface area contributed by atoms with Gasteiger partial charge in [0.25, 0.3) is 0 Å². The van der Waals surface area contributed by atoms with Crippen molar-refractivity contribution in [3.05, 3.63) is 22.2 Å². The molecule has 0 amide bonds. The molecule has 1 fully saturated rings. The maximum Gasteiger partial charge on any atom is 0.387 e. The molecular weight excluding hydrogens is 295 g/mol. The maximum absolute atomic E-state index is 12.2. The second-order valence-corrected chi connectivity index (χ2v) is 5.69. The third-order valence-electron chi connectivity index (χ3n) is 3.00. The topological polar surface area (TPSA) is 21.3 Å². The molecule has 1 aromatic rings. The van der Waals surface area contributed by atoms with E-state index in [2.05, 4.69) is 17.0 Å². The molecule has 0 bridgehead atoms. The van der Waals surface area contributed by atoms with Crippen LogP contribution in [0.2, 0.25) is 10.0 Å². The Hall–Kier alpha value is -0.740. The second-order valence-electron chi connectivity index (χ2n) is 4.87.